The summed E-state index contributed by atoms with van der Waals surface area (Å²) in [4.78, 5) is 18.0. The van der Waals surface area contributed by atoms with E-state index in [-0.39, 0.29) is 5.69 Å². The average molecular weight is 189 g/mol. The maximum Gasteiger partial charge on any atom is 0.325 e. The second-order valence-electron chi connectivity index (χ2n) is 3.16. The Morgan fingerprint density at radius 3 is 3.07 bits per heavy atom. The van der Waals surface area contributed by atoms with Crippen molar-refractivity contribution in [3.63, 3.8) is 0 Å². The van der Waals surface area contributed by atoms with Gasteiger partial charge in [0, 0.05) is 18.6 Å². The van der Waals surface area contributed by atoms with Crippen molar-refractivity contribution in [1.82, 2.24) is 14.5 Å². The normalized spacial score (nSPS) is 10.4. The van der Waals surface area contributed by atoms with Gasteiger partial charge in [-0.15, -0.1) is 0 Å². The number of nitrogens with zero attached hydrogens (tertiary/aromatic N) is 2. The molecular formula is C10H11N3O. The molecule has 4 heteroatoms. The van der Waals surface area contributed by atoms with Crippen molar-refractivity contribution in [1.29, 1.82) is 0 Å². The smallest absolute Gasteiger partial charge is 0.313 e. The van der Waals surface area contributed by atoms with Gasteiger partial charge in [0.15, 0.2) is 0 Å². The van der Waals surface area contributed by atoms with Gasteiger partial charge in [0.25, 0.3) is 0 Å². The lowest BCUT2D eigenvalue weighted by Crippen LogP contribution is -2.17. The van der Waals surface area contributed by atoms with E-state index in [0.29, 0.717) is 6.54 Å². The van der Waals surface area contributed by atoms with Crippen LogP contribution >= 0.6 is 0 Å². The highest BCUT2D eigenvalue weighted by Gasteiger charge is 2.01. The summed E-state index contributed by atoms with van der Waals surface area (Å²) in [5.74, 6) is 0. The molecule has 0 fully saturated rings. The van der Waals surface area contributed by atoms with E-state index in [0.717, 1.165) is 11.3 Å². The Morgan fingerprint density at radius 2 is 2.43 bits per heavy atom. The Kier molecular flexibility index (Phi) is 2.18. The Bertz CT molecular complexity index is 484. The fourth-order valence-electron chi connectivity index (χ4n) is 1.32. The number of rotatable bonds is 2. The van der Waals surface area contributed by atoms with Crippen LogP contribution in [0.15, 0.2) is 35.5 Å². The molecule has 72 valence electrons. The summed E-state index contributed by atoms with van der Waals surface area (Å²) < 4.78 is 1.59. The molecule has 2 aromatic rings. The molecule has 1 N–H and O–H groups in total. The Balaban J connectivity index is 2.32. The molecule has 0 aliphatic rings. The molecule has 0 radical (unpaired) electrons. The van der Waals surface area contributed by atoms with E-state index in [4.69, 9.17) is 0 Å². The molecule has 0 atom stereocenters. The van der Waals surface area contributed by atoms with Crippen LogP contribution in [0, 0.1) is 6.92 Å². The lowest BCUT2D eigenvalue weighted by atomic mass is 10.2. The summed E-state index contributed by atoms with van der Waals surface area (Å²) in [7, 11) is 0. The zero-order valence-corrected chi connectivity index (χ0v) is 7.90. The quantitative estimate of drug-likeness (QED) is 0.764. The summed E-state index contributed by atoms with van der Waals surface area (Å²) in [5.41, 5.74) is 1.92. The number of pyridine rings is 1. The minimum atomic E-state index is -0.102. The number of H-pyrrole nitrogens is 1. The van der Waals surface area contributed by atoms with Crippen LogP contribution in [0.3, 0.4) is 0 Å². The molecule has 2 heterocycles. The predicted octanol–water partition coefficient (Wildman–Crippen LogP) is 0.928. The average Bonchev–Trinajstić information content (AvgIpc) is 2.56. The second kappa shape index (κ2) is 3.49. The van der Waals surface area contributed by atoms with Gasteiger partial charge in [0.1, 0.15) is 0 Å². The van der Waals surface area contributed by atoms with Gasteiger partial charge in [-0.3, -0.25) is 9.55 Å². The van der Waals surface area contributed by atoms with Crippen molar-refractivity contribution in [3.05, 3.63) is 52.5 Å². The third kappa shape index (κ3) is 1.59. The number of hydrogen-bond acceptors (Lipinski definition) is 2. The maximum atomic E-state index is 11.2. The van der Waals surface area contributed by atoms with Crippen molar-refractivity contribution >= 4 is 0 Å². The first-order valence-corrected chi connectivity index (χ1v) is 4.41. The first-order valence-electron chi connectivity index (χ1n) is 4.41. The van der Waals surface area contributed by atoms with Crippen LogP contribution in [-0.2, 0) is 6.54 Å². The van der Waals surface area contributed by atoms with Crippen LogP contribution < -0.4 is 5.69 Å². The Labute approximate surface area is 81.2 Å². The van der Waals surface area contributed by atoms with E-state index >= 15 is 0 Å². The molecule has 0 saturated heterocycles. The van der Waals surface area contributed by atoms with E-state index < -0.39 is 0 Å². The van der Waals surface area contributed by atoms with E-state index in [2.05, 4.69) is 9.97 Å². The molecule has 0 bridgehead atoms. The predicted molar refractivity (Wildman–Crippen MR) is 53.1 cm³/mol. The highest BCUT2D eigenvalue weighted by Crippen LogP contribution is 2.03. The highest BCUT2D eigenvalue weighted by molar-refractivity contribution is 5.17. The van der Waals surface area contributed by atoms with Crippen LogP contribution in [0.2, 0.25) is 0 Å². The van der Waals surface area contributed by atoms with Crippen molar-refractivity contribution in [2.45, 2.75) is 13.5 Å². The molecule has 0 amide bonds. The number of imidazole rings is 1. The van der Waals surface area contributed by atoms with E-state index in [9.17, 15) is 4.79 Å². The topological polar surface area (TPSA) is 50.7 Å². The van der Waals surface area contributed by atoms with Crippen LogP contribution in [-0.4, -0.2) is 14.5 Å². The lowest BCUT2D eigenvalue weighted by molar-refractivity contribution is 0.736. The second-order valence-corrected chi connectivity index (χ2v) is 3.16. The van der Waals surface area contributed by atoms with Crippen LogP contribution in [0.5, 0.6) is 0 Å². The van der Waals surface area contributed by atoms with Crippen molar-refractivity contribution in [3.8, 4) is 0 Å². The molecule has 0 aromatic carbocycles. The Morgan fingerprint density at radius 1 is 1.57 bits per heavy atom. The summed E-state index contributed by atoms with van der Waals surface area (Å²) >= 11 is 0. The van der Waals surface area contributed by atoms with E-state index in [1.54, 1.807) is 23.2 Å². The summed E-state index contributed by atoms with van der Waals surface area (Å²) in [6.45, 7) is 2.51. The molecule has 2 aromatic heterocycles. The number of hydrogen-bond donors (Lipinski definition) is 1. The van der Waals surface area contributed by atoms with Crippen molar-refractivity contribution in [2.24, 2.45) is 0 Å². The molecule has 0 unspecified atom stereocenters. The molecule has 0 aliphatic heterocycles. The molecular weight excluding hydrogens is 178 g/mol. The van der Waals surface area contributed by atoms with E-state index in [1.165, 1.54) is 0 Å². The molecule has 14 heavy (non-hydrogen) atoms. The molecule has 0 spiro atoms. The zero-order chi connectivity index (χ0) is 9.97. The van der Waals surface area contributed by atoms with Crippen LogP contribution in [0.4, 0.5) is 0 Å². The van der Waals surface area contributed by atoms with Crippen molar-refractivity contribution in [2.75, 3.05) is 0 Å². The third-order valence-electron chi connectivity index (χ3n) is 2.16. The molecule has 4 nitrogen and oxygen atoms in total. The fraction of sp³-hybridized carbons (Fsp3) is 0.200. The minimum absolute atomic E-state index is 0.102. The third-order valence-corrected chi connectivity index (χ3v) is 2.16. The SMILES string of the molecule is Cc1cccnc1Cn1cc[nH]c1=O. The van der Waals surface area contributed by atoms with Gasteiger partial charge in [-0.05, 0) is 18.6 Å². The van der Waals surface area contributed by atoms with Gasteiger partial charge < -0.3 is 4.98 Å². The van der Waals surface area contributed by atoms with Crippen LogP contribution in [0.1, 0.15) is 11.3 Å². The number of aromatic amines is 1. The largest absolute Gasteiger partial charge is 0.325 e. The minimum Gasteiger partial charge on any atom is -0.313 e. The molecule has 2 rings (SSSR count). The van der Waals surface area contributed by atoms with Crippen molar-refractivity contribution < 1.29 is 0 Å². The van der Waals surface area contributed by atoms with Gasteiger partial charge >= 0.3 is 5.69 Å². The lowest BCUT2D eigenvalue weighted by Gasteiger charge is -2.03. The number of aryl methyl sites for hydroxylation is 1. The van der Waals surface area contributed by atoms with Gasteiger partial charge in [-0.2, -0.15) is 0 Å². The first kappa shape index (κ1) is 8.74. The fourth-order valence-corrected chi connectivity index (χ4v) is 1.32. The van der Waals surface area contributed by atoms with E-state index in [1.807, 2.05) is 19.1 Å². The van der Waals surface area contributed by atoms with Crippen LogP contribution in [0.25, 0.3) is 0 Å². The summed E-state index contributed by atoms with van der Waals surface area (Å²) in [6, 6.07) is 3.87. The highest BCUT2D eigenvalue weighted by atomic mass is 16.1. The number of aromatic nitrogens is 3. The summed E-state index contributed by atoms with van der Waals surface area (Å²) in [5, 5.41) is 0. The number of nitrogens with one attached hydrogen (secondary N) is 1. The summed E-state index contributed by atoms with van der Waals surface area (Å²) in [6.07, 6.45) is 5.08. The van der Waals surface area contributed by atoms with Gasteiger partial charge in [-0.1, -0.05) is 6.07 Å². The van der Waals surface area contributed by atoms with Gasteiger partial charge in [0.05, 0.1) is 12.2 Å². The maximum absolute atomic E-state index is 11.2. The monoisotopic (exact) mass is 189 g/mol. The zero-order valence-electron chi connectivity index (χ0n) is 7.90. The first-order chi connectivity index (χ1) is 6.77. The van der Waals surface area contributed by atoms with Gasteiger partial charge in [-0.25, -0.2) is 4.79 Å². The standard InChI is InChI=1S/C10H11N3O/c1-8-3-2-4-11-9(8)7-13-6-5-12-10(13)14/h2-6H,7H2,1H3,(H,12,14). The van der Waals surface area contributed by atoms with Gasteiger partial charge in [0.2, 0.25) is 0 Å². The molecule has 0 saturated carbocycles. The Hall–Kier alpha value is -1.84. The molecule has 0 aliphatic carbocycles.